The number of aromatic nitrogens is 1. The summed E-state index contributed by atoms with van der Waals surface area (Å²) in [5.41, 5.74) is 0.547. The van der Waals surface area contributed by atoms with E-state index >= 15 is 0 Å². The van der Waals surface area contributed by atoms with Crippen molar-refractivity contribution in [1.29, 1.82) is 0 Å². The van der Waals surface area contributed by atoms with Crippen molar-refractivity contribution in [2.75, 3.05) is 0 Å². The second-order valence-corrected chi connectivity index (χ2v) is 1.95. The Morgan fingerprint density at radius 2 is 2.36 bits per heavy atom. The summed E-state index contributed by atoms with van der Waals surface area (Å²) in [7, 11) is 0. The van der Waals surface area contributed by atoms with E-state index in [1.807, 2.05) is 0 Å². The van der Waals surface area contributed by atoms with Gasteiger partial charge in [0.2, 0.25) is 5.69 Å². The molecule has 0 aliphatic carbocycles. The van der Waals surface area contributed by atoms with Crippen LogP contribution < -0.4 is 4.73 Å². The van der Waals surface area contributed by atoms with Crippen molar-refractivity contribution < 1.29 is 4.73 Å². The van der Waals surface area contributed by atoms with Crippen LogP contribution in [0.4, 0.5) is 0 Å². The highest BCUT2D eigenvalue weighted by molar-refractivity contribution is 5.45. The van der Waals surface area contributed by atoms with Gasteiger partial charge in [0.15, 0.2) is 6.20 Å². The monoisotopic (exact) mass is 145 g/mol. The maximum Gasteiger partial charge on any atom is 0.217 e. The predicted molar refractivity (Wildman–Crippen MR) is 43.3 cm³/mol. The van der Waals surface area contributed by atoms with Crippen LogP contribution >= 0.6 is 0 Å². The average Bonchev–Trinajstić information content (AvgIpc) is 2.03. The van der Waals surface area contributed by atoms with Gasteiger partial charge in [-0.05, 0) is 12.1 Å². The second kappa shape index (κ2) is 3.43. The molecule has 0 atom stereocenters. The normalized spacial score (nSPS) is 9.73. The lowest BCUT2D eigenvalue weighted by Crippen LogP contribution is -2.28. The molecular weight excluding hydrogens is 138 g/mol. The zero-order valence-corrected chi connectivity index (χ0v) is 5.90. The van der Waals surface area contributed by atoms with Crippen LogP contribution in [0.1, 0.15) is 5.69 Å². The third-order valence-electron chi connectivity index (χ3n) is 1.20. The van der Waals surface area contributed by atoms with Crippen molar-refractivity contribution in [1.82, 2.24) is 0 Å². The summed E-state index contributed by atoms with van der Waals surface area (Å²) in [5, 5.41) is 10.9. The molecule has 0 radical (unpaired) electrons. The highest BCUT2D eigenvalue weighted by Crippen LogP contribution is 1.92. The van der Waals surface area contributed by atoms with Crippen molar-refractivity contribution in [2.24, 2.45) is 0 Å². The molecule has 54 valence electrons. The Morgan fingerprint density at radius 1 is 1.55 bits per heavy atom. The lowest BCUT2D eigenvalue weighted by Gasteiger charge is -1.96. The number of nitrogens with zero attached hydrogens (tertiary/aromatic N) is 1. The first kappa shape index (κ1) is 7.36. The van der Waals surface area contributed by atoms with Crippen molar-refractivity contribution in [3.8, 4) is 12.3 Å². The van der Waals surface area contributed by atoms with E-state index in [2.05, 4.69) is 5.92 Å². The van der Waals surface area contributed by atoms with Crippen LogP contribution in [0.2, 0.25) is 0 Å². The molecule has 2 heteroatoms. The number of hydrogen-bond donors (Lipinski definition) is 0. The van der Waals surface area contributed by atoms with E-state index in [-0.39, 0.29) is 0 Å². The first-order valence-electron chi connectivity index (χ1n) is 3.15. The summed E-state index contributed by atoms with van der Waals surface area (Å²) >= 11 is 0. The van der Waals surface area contributed by atoms with E-state index in [1.54, 1.807) is 24.3 Å². The molecular formula is C9H7NO. The molecule has 0 unspecified atom stereocenters. The number of terminal acetylenes is 1. The molecule has 0 aromatic carbocycles. The smallest absolute Gasteiger partial charge is 0.217 e. The van der Waals surface area contributed by atoms with Gasteiger partial charge in [-0.3, -0.25) is 0 Å². The van der Waals surface area contributed by atoms with E-state index in [0.29, 0.717) is 5.69 Å². The number of hydrogen-bond acceptors (Lipinski definition) is 1. The zero-order chi connectivity index (χ0) is 8.10. The van der Waals surface area contributed by atoms with Crippen LogP contribution in [0, 0.1) is 17.6 Å². The fourth-order valence-electron chi connectivity index (χ4n) is 0.704. The SMILES string of the molecule is C#CC=Cc1cccc[n+]1[O-]. The first-order chi connectivity index (χ1) is 5.34. The molecule has 0 saturated carbocycles. The molecule has 1 heterocycles. The second-order valence-electron chi connectivity index (χ2n) is 1.95. The van der Waals surface area contributed by atoms with Crippen LogP contribution in [-0.4, -0.2) is 0 Å². The van der Waals surface area contributed by atoms with Gasteiger partial charge in [0.25, 0.3) is 0 Å². The molecule has 11 heavy (non-hydrogen) atoms. The quantitative estimate of drug-likeness (QED) is 0.328. The van der Waals surface area contributed by atoms with Crippen LogP contribution in [0.25, 0.3) is 6.08 Å². The fourth-order valence-corrected chi connectivity index (χ4v) is 0.704. The summed E-state index contributed by atoms with van der Waals surface area (Å²) in [6.45, 7) is 0. The topological polar surface area (TPSA) is 26.9 Å². The average molecular weight is 145 g/mol. The molecule has 1 aromatic heterocycles. The van der Waals surface area contributed by atoms with E-state index < -0.39 is 0 Å². The molecule has 0 aliphatic heterocycles. The van der Waals surface area contributed by atoms with Crippen LogP contribution in [0.15, 0.2) is 30.5 Å². The van der Waals surface area contributed by atoms with E-state index in [0.717, 1.165) is 4.73 Å². The molecule has 0 bridgehead atoms. The summed E-state index contributed by atoms with van der Waals surface area (Å²) in [6, 6.07) is 5.14. The Morgan fingerprint density at radius 3 is 3.00 bits per heavy atom. The van der Waals surface area contributed by atoms with Gasteiger partial charge in [0.1, 0.15) is 0 Å². The number of pyridine rings is 1. The highest BCUT2D eigenvalue weighted by atomic mass is 16.5. The maximum atomic E-state index is 10.9. The molecule has 0 N–H and O–H groups in total. The summed E-state index contributed by atoms with van der Waals surface area (Å²) < 4.78 is 0.758. The van der Waals surface area contributed by atoms with Gasteiger partial charge in [-0.15, -0.1) is 6.42 Å². The Hall–Kier alpha value is -1.75. The third kappa shape index (κ3) is 1.84. The Labute approximate surface area is 65.4 Å². The zero-order valence-electron chi connectivity index (χ0n) is 5.90. The summed E-state index contributed by atoms with van der Waals surface area (Å²) in [5.74, 6) is 2.31. The van der Waals surface area contributed by atoms with Gasteiger partial charge in [0.05, 0.1) is 0 Å². The minimum absolute atomic E-state index is 0.547. The third-order valence-corrected chi connectivity index (χ3v) is 1.20. The summed E-state index contributed by atoms with van der Waals surface area (Å²) in [4.78, 5) is 0. The Bertz CT molecular complexity index is 310. The number of allylic oxidation sites excluding steroid dienone is 1. The molecule has 2 nitrogen and oxygen atoms in total. The van der Waals surface area contributed by atoms with E-state index in [1.165, 1.54) is 12.3 Å². The Kier molecular flexibility index (Phi) is 2.29. The first-order valence-corrected chi connectivity index (χ1v) is 3.15. The minimum atomic E-state index is 0.547. The molecule has 0 saturated heterocycles. The minimum Gasteiger partial charge on any atom is -0.618 e. The van der Waals surface area contributed by atoms with Crippen molar-refractivity contribution >= 4 is 6.08 Å². The summed E-state index contributed by atoms with van der Waals surface area (Å²) in [6.07, 6.45) is 9.49. The van der Waals surface area contributed by atoms with Crippen LogP contribution in [0.5, 0.6) is 0 Å². The number of rotatable bonds is 1. The van der Waals surface area contributed by atoms with Crippen LogP contribution in [-0.2, 0) is 0 Å². The van der Waals surface area contributed by atoms with Gasteiger partial charge in [0, 0.05) is 18.2 Å². The van der Waals surface area contributed by atoms with Crippen molar-refractivity contribution in [3.63, 3.8) is 0 Å². The van der Waals surface area contributed by atoms with Crippen molar-refractivity contribution in [3.05, 3.63) is 41.4 Å². The van der Waals surface area contributed by atoms with Gasteiger partial charge >= 0.3 is 0 Å². The van der Waals surface area contributed by atoms with E-state index in [4.69, 9.17) is 6.42 Å². The van der Waals surface area contributed by atoms with Gasteiger partial charge in [-0.2, -0.15) is 4.73 Å². The van der Waals surface area contributed by atoms with Crippen LogP contribution in [0.3, 0.4) is 0 Å². The molecule has 0 amide bonds. The molecule has 0 aliphatic rings. The van der Waals surface area contributed by atoms with E-state index in [9.17, 15) is 5.21 Å². The molecule has 1 aromatic rings. The van der Waals surface area contributed by atoms with Crippen molar-refractivity contribution in [2.45, 2.75) is 0 Å². The maximum absolute atomic E-state index is 10.9. The molecule has 0 spiro atoms. The lowest BCUT2D eigenvalue weighted by atomic mass is 10.3. The lowest BCUT2D eigenvalue weighted by molar-refractivity contribution is -0.607. The predicted octanol–water partition coefficient (Wildman–Crippen LogP) is 0.966. The Balaban J connectivity index is 2.97. The van der Waals surface area contributed by atoms with Gasteiger partial charge in [-0.25, -0.2) is 0 Å². The fraction of sp³-hybridized carbons (Fsp3) is 0. The van der Waals surface area contributed by atoms with Gasteiger partial charge in [-0.1, -0.05) is 5.92 Å². The highest BCUT2D eigenvalue weighted by Gasteiger charge is 1.94. The standard InChI is InChI=1S/C9H7NO/c1-2-3-6-9-7-4-5-8-10(9)11/h1,3-8H. The van der Waals surface area contributed by atoms with Gasteiger partial charge < -0.3 is 5.21 Å². The molecule has 0 fully saturated rings. The molecule has 1 rings (SSSR count). The largest absolute Gasteiger partial charge is 0.618 e.